The molecule has 1 rings (SSSR count). The Labute approximate surface area is 112 Å². The van der Waals surface area contributed by atoms with Crippen LogP contribution in [-0.4, -0.2) is 18.4 Å². The zero-order valence-electron chi connectivity index (χ0n) is 10.5. The van der Waals surface area contributed by atoms with Crippen molar-refractivity contribution in [3.8, 4) is 0 Å². The lowest BCUT2D eigenvalue weighted by molar-refractivity contribution is -0.139. The summed E-state index contributed by atoms with van der Waals surface area (Å²) in [5.41, 5.74) is 0.893. The average Bonchev–Trinajstić information content (AvgIpc) is 2.34. The Morgan fingerprint density at radius 2 is 1.67 bits per heavy atom. The molecule has 1 aromatic rings. The van der Waals surface area contributed by atoms with Gasteiger partial charge in [-0.05, 0) is 23.6 Å². The molecule has 0 aliphatic rings. The Kier molecular flexibility index (Phi) is 5.65. The highest BCUT2D eigenvalue weighted by atomic mass is 35.5. The van der Waals surface area contributed by atoms with Crippen LogP contribution in [0.5, 0.6) is 0 Å². The molecule has 5 heteroatoms. The Hall–Kier alpha value is -1.55. The average molecular weight is 269 g/mol. The van der Waals surface area contributed by atoms with Gasteiger partial charge in [0.2, 0.25) is 0 Å². The molecule has 2 N–H and O–H groups in total. The van der Waals surface area contributed by atoms with Crippen LogP contribution in [0.15, 0.2) is 24.3 Å². The van der Waals surface area contributed by atoms with Gasteiger partial charge >= 0.3 is 11.8 Å². The molecule has 0 unspecified atom stereocenters. The first-order chi connectivity index (χ1) is 8.49. The fourth-order valence-corrected chi connectivity index (χ4v) is 1.37. The van der Waals surface area contributed by atoms with Crippen LogP contribution in [-0.2, 0) is 16.1 Å². The van der Waals surface area contributed by atoms with E-state index in [9.17, 15) is 9.59 Å². The van der Waals surface area contributed by atoms with Crippen molar-refractivity contribution in [1.29, 1.82) is 0 Å². The Balaban J connectivity index is 2.36. The van der Waals surface area contributed by atoms with Crippen LogP contribution < -0.4 is 10.6 Å². The zero-order valence-corrected chi connectivity index (χ0v) is 11.3. The van der Waals surface area contributed by atoms with Gasteiger partial charge in [0, 0.05) is 18.1 Å². The second-order valence-corrected chi connectivity index (χ2v) is 4.85. The molecule has 18 heavy (non-hydrogen) atoms. The summed E-state index contributed by atoms with van der Waals surface area (Å²) in [5, 5.41) is 5.74. The minimum absolute atomic E-state index is 0.311. The third-order valence-corrected chi connectivity index (χ3v) is 2.50. The zero-order chi connectivity index (χ0) is 13.5. The third-order valence-electron chi connectivity index (χ3n) is 2.24. The van der Waals surface area contributed by atoms with E-state index in [0.717, 1.165) is 5.56 Å². The van der Waals surface area contributed by atoms with Gasteiger partial charge in [0.25, 0.3) is 0 Å². The molecule has 0 aliphatic carbocycles. The lowest BCUT2D eigenvalue weighted by Crippen LogP contribution is -2.40. The molecule has 0 saturated carbocycles. The van der Waals surface area contributed by atoms with Gasteiger partial charge in [-0.2, -0.15) is 0 Å². The highest BCUT2D eigenvalue weighted by molar-refractivity contribution is 6.35. The number of hydrogen-bond acceptors (Lipinski definition) is 2. The molecular weight excluding hydrogens is 252 g/mol. The van der Waals surface area contributed by atoms with Crippen LogP contribution in [0.25, 0.3) is 0 Å². The lowest BCUT2D eigenvalue weighted by Gasteiger charge is -2.08. The van der Waals surface area contributed by atoms with E-state index in [0.29, 0.717) is 24.0 Å². The number of halogens is 1. The standard InChI is InChI=1S/C13H17ClN2O2/c1-9(2)7-15-12(17)13(18)16-8-10-3-5-11(14)6-4-10/h3-6,9H,7-8H2,1-2H3,(H,15,17)(H,16,18). The number of nitrogens with one attached hydrogen (secondary N) is 2. The molecule has 0 aliphatic heterocycles. The summed E-state index contributed by atoms with van der Waals surface area (Å²) >= 11 is 5.74. The summed E-state index contributed by atoms with van der Waals surface area (Å²) in [6.07, 6.45) is 0. The van der Waals surface area contributed by atoms with Crippen LogP contribution in [0.1, 0.15) is 19.4 Å². The molecule has 0 heterocycles. The van der Waals surface area contributed by atoms with Gasteiger partial charge < -0.3 is 10.6 Å². The number of carbonyl (C=O) groups excluding carboxylic acids is 2. The summed E-state index contributed by atoms with van der Waals surface area (Å²) in [4.78, 5) is 22.8. The van der Waals surface area contributed by atoms with Gasteiger partial charge in [-0.1, -0.05) is 37.6 Å². The van der Waals surface area contributed by atoms with Crippen molar-refractivity contribution in [2.45, 2.75) is 20.4 Å². The van der Waals surface area contributed by atoms with Crippen molar-refractivity contribution in [2.24, 2.45) is 5.92 Å². The van der Waals surface area contributed by atoms with Crippen molar-refractivity contribution in [3.63, 3.8) is 0 Å². The quantitative estimate of drug-likeness (QED) is 0.817. The summed E-state index contributed by atoms with van der Waals surface area (Å²) in [6, 6.07) is 7.08. The Morgan fingerprint density at radius 3 is 2.22 bits per heavy atom. The molecule has 98 valence electrons. The van der Waals surface area contributed by atoms with Crippen molar-refractivity contribution in [1.82, 2.24) is 10.6 Å². The second kappa shape index (κ2) is 7.01. The van der Waals surface area contributed by atoms with E-state index in [1.54, 1.807) is 24.3 Å². The molecule has 4 nitrogen and oxygen atoms in total. The number of carbonyl (C=O) groups is 2. The van der Waals surface area contributed by atoms with E-state index in [4.69, 9.17) is 11.6 Å². The Morgan fingerprint density at radius 1 is 1.11 bits per heavy atom. The largest absolute Gasteiger partial charge is 0.348 e. The van der Waals surface area contributed by atoms with Gasteiger partial charge in [0.1, 0.15) is 0 Å². The number of benzene rings is 1. The van der Waals surface area contributed by atoms with Crippen LogP contribution in [0, 0.1) is 5.92 Å². The van der Waals surface area contributed by atoms with Crippen molar-refractivity contribution < 1.29 is 9.59 Å². The number of amides is 2. The van der Waals surface area contributed by atoms with Gasteiger partial charge in [-0.3, -0.25) is 9.59 Å². The molecule has 2 amide bonds. The van der Waals surface area contributed by atoms with E-state index in [2.05, 4.69) is 10.6 Å². The summed E-state index contributed by atoms with van der Waals surface area (Å²) in [5.74, 6) is -0.902. The normalized spacial score (nSPS) is 10.2. The fraction of sp³-hybridized carbons (Fsp3) is 0.385. The number of rotatable bonds is 4. The van der Waals surface area contributed by atoms with E-state index in [1.165, 1.54) is 0 Å². The van der Waals surface area contributed by atoms with E-state index < -0.39 is 11.8 Å². The van der Waals surface area contributed by atoms with E-state index in [1.807, 2.05) is 13.8 Å². The second-order valence-electron chi connectivity index (χ2n) is 4.41. The monoisotopic (exact) mass is 268 g/mol. The Bertz CT molecular complexity index is 416. The molecule has 0 atom stereocenters. The third kappa shape index (κ3) is 5.19. The van der Waals surface area contributed by atoms with Crippen LogP contribution in [0.4, 0.5) is 0 Å². The molecule has 0 radical (unpaired) electrons. The highest BCUT2D eigenvalue weighted by Gasteiger charge is 2.12. The molecule has 0 aromatic heterocycles. The highest BCUT2D eigenvalue weighted by Crippen LogP contribution is 2.08. The fourth-order valence-electron chi connectivity index (χ4n) is 1.24. The lowest BCUT2D eigenvalue weighted by atomic mass is 10.2. The van der Waals surface area contributed by atoms with Gasteiger partial charge in [-0.15, -0.1) is 0 Å². The van der Waals surface area contributed by atoms with Gasteiger partial charge in [-0.25, -0.2) is 0 Å². The molecular formula is C13H17ClN2O2. The van der Waals surface area contributed by atoms with Crippen molar-refractivity contribution in [2.75, 3.05) is 6.54 Å². The van der Waals surface area contributed by atoms with Crippen molar-refractivity contribution in [3.05, 3.63) is 34.9 Å². The maximum Gasteiger partial charge on any atom is 0.309 e. The van der Waals surface area contributed by atoms with Crippen LogP contribution in [0.2, 0.25) is 5.02 Å². The summed E-state index contributed by atoms with van der Waals surface area (Å²) < 4.78 is 0. The molecule has 0 spiro atoms. The molecule has 1 aromatic carbocycles. The van der Waals surface area contributed by atoms with E-state index in [-0.39, 0.29) is 0 Å². The van der Waals surface area contributed by atoms with Crippen molar-refractivity contribution >= 4 is 23.4 Å². The summed E-state index contributed by atoms with van der Waals surface area (Å²) in [6.45, 7) is 4.73. The van der Waals surface area contributed by atoms with Crippen LogP contribution >= 0.6 is 11.6 Å². The first-order valence-electron chi connectivity index (χ1n) is 5.79. The number of hydrogen-bond donors (Lipinski definition) is 2. The predicted molar refractivity (Wildman–Crippen MR) is 71.1 cm³/mol. The maximum absolute atomic E-state index is 11.4. The molecule has 0 bridgehead atoms. The minimum atomic E-state index is -0.620. The smallest absolute Gasteiger partial charge is 0.309 e. The summed E-state index contributed by atoms with van der Waals surface area (Å²) in [7, 11) is 0. The maximum atomic E-state index is 11.4. The first-order valence-corrected chi connectivity index (χ1v) is 6.17. The van der Waals surface area contributed by atoms with E-state index >= 15 is 0 Å². The molecule has 0 saturated heterocycles. The minimum Gasteiger partial charge on any atom is -0.348 e. The van der Waals surface area contributed by atoms with Gasteiger partial charge in [0.15, 0.2) is 0 Å². The molecule has 0 fully saturated rings. The first kappa shape index (κ1) is 14.5. The topological polar surface area (TPSA) is 58.2 Å². The van der Waals surface area contributed by atoms with Crippen LogP contribution in [0.3, 0.4) is 0 Å². The predicted octanol–water partition coefficient (Wildman–Crippen LogP) is 1.73. The van der Waals surface area contributed by atoms with Gasteiger partial charge in [0.05, 0.1) is 0 Å². The SMILES string of the molecule is CC(C)CNC(=O)C(=O)NCc1ccc(Cl)cc1.